The average Bonchev–Trinajstić information content (AvgIpc) is 2.38. The molecule has 78 valence electrons. The van der Waals surface area contributed by atoms with Crippen molar-refractivity contribution >= 4 is 0 Å². The van der Waals surface area contributed by atoms with Gasteiger partial charge in [-0.2, -0.15) is 5.26 Å². The predicted octanol–water partition coefficient (Wildman–Crippen LogP) is 3.23. The molecule has 0 unspecified atom stereocenters. The smallest absolute Gasteiger partial charge is 0.144 e. The van der Waals surface area contributed by atoms with Crippen molar-refractivity contribution in [1.82, 2.24) is 0 Å². The van der Waals surface area contributed by atoms with Crippen molar-refractivity contribution in [3.8, 4) is 22.9 Å². The predicted molar refractivity (Wildman–Crippen MR) is 63.1 cm³/mol. The summed E-state index contributed by atoms with van der Waals surface area (Å²) in [6, 6.07) is 17.6. The highest BCUT2D eigenvalue weighted by Gasteiger charge is 2.09. The van der Waals surface area contributed by atoms with Crippen LogP contribution in [0.15, 0.2) is 48.5 Å². The van der Waals surface area contributed by atoms with E-state index < -0.39 is 0 Å². The lowest BCUT2D eigenvalue weighted by atomic mass is 10.0. The number of methoxy groups -OCH3 is 1. The fraction of sp³-hybridized carbons (Fsp3) is 0.0714. The van der Waals surface area contributed by atoms with Gasteiger partial charge in [0.05, 0.1) is 12.7 Å². The Balaban J connectivity index is 2.62. The zero-order chi connectivity index (χ0) is 11.4. The first-order chi connectivity index (χ1) is 7.86. The van der Waals surface area contributed by atoms with Gasteiger partial charge >= 0.3 is 0 Å². The molecule has 0 aromatic heterocycles. The largest absolute Gasteiger partial charge is 0.495 e. The minimum absolute atomic E-state index is 0.559. The first-order valence-electron chi connectivity index (χ1n) is 4.99. The molecule has 0 aliphatic heterocycles. The summed E-state index contributed by atoms with van der Waals surface area (Å²) in [5.74, 6) is 0.635. The van der Waals surface area contributed by atoms with Crippen LogP contribution < -0.4 is 4.74 Å². The molecule has 0 aliphatic carbocycles. The fourth-order valence-electron chi connectivity index (χ4n) is 1.69. The maximum Gasteiger partial charge on any atom is 0.144 e. The van der Waals surface area contributed by atoms with E-state index in [-0.39, 0.29) is 0 Å². The van der Waals surface area contributed by atoms with E-state index in [1.54, 1.807) is 13.2 Å². The number of para-hydroxylation sites is 1. The first kappa shape index (κ1) is 10.3. The number of nitrogens with zero attached hydrogens (tertiary/aromatic N) is 1. The van der Waals surface area contributed by atoms with Crippen molar-refractivity contribution in [3.63, 3.8) is 0 Å². The monoisotopic (exact) mass is 209 g/mol. The van der Waals surface area contributed by atoms with E-state index >= 15 is 0 Å². The number of ether oxygens (including phenoxy) is 1. The van der Waals surface area contributed by atoms with Crippen LogP contribution in [0.5, 0.6) is 5.75 Å². The molecule has 0 atom stereocenters. The van der Waals surface area contributed by atoms with E-state index in [1.807, 2.05) is 42.5 Å². The standard InChI is InChI=1S/C14H11NO/c1-16-14-12(10-15)8-5-9-13(14)11-6-3-2-4-7-11/h2-9H,1H3. The number of nitriles is 1. The molecular formula is C14H11NO. The van der Waals surface area contributed by atoms with Crippen molar-refractivity contribution in [3.05, 3.63) is 54.1 Å². The molecule has 0 saturated heterocycles. The van der Waals surface area contributed by atoms with E-state index in [2.05, 4.69) is 6.07 Å². The molecule has 0 amide bonds. The zero-order valence-corrected chi connectivity index (χ0v) is 8.97. The molecular weight excluding hydrogens is 198 g/mol. The van der Waals surface area contributed by atoms with Gasteiger partial charge in [0, 0.05) is 5.56 Å². The highest BCUT2D eigenvalue weighted by Crippen LogP contribution is 2.32. The number of hydrogen-bond donors (Lipinski definition) is 0. The second-order valence-corrected chi connectivity index (χ2v) is 3.36. The maximum atomic E-state index is 8.99. The average molecular weight is 209 g/mol. The van der Waals surface area contributed by atoms with Crippen molar-refractivity contribution in [2.24, 2.45) is 0 Å². The third-order valence-electron chi connectivity index (χ3n) is 2.42. The molecule has 2 rings (SSSR count). The van der Waals surface area contributed by atoms with E-state index in [4.69, 9.17) is 10.00 Å². The normalized spacial score (nSPS) is 9.50. The van der Waals surface area contributed by atoms with Crippen LogP contribution >= 0.6 is 0 Å². The summed E-state index contributed by atoms with van der Waals surface area (Å²) in [5.41, 5.74) is 2.56. The summed E-state index contributed by atoms with van der Waals surface area (Å²) in [7, 11) is 1.59. The molecule has 2 heteroatoms. The van der Waals surface area contributed by atoms with Gasteiger partial charge in [0.1, 0.15) is 11.8 Å². The lowest BCUT2D eigenvalue weighted by Gasteiger charge is -2.09. The van der Waals surface area contributed by atoms with E-state index in [1.165, 1.54) is 0 Å². The number of rotatable bonds is 2. The lowest BCUT2D eigenvalue weighted by Crippen LogP contribution is -1.91. The fourth-order valence-corrected chi connectivity index (χ4v) is 1.69. The van der Waals surface area contributed by atoms with Crippen LogP contribution in [-0.2, 0) is 0 Å². The Morgan fingerprint density at radius 3 is 2.38 bits per heavy atom. The van der Waals surface area contributed by atoms with E-state index in [0.717, 1.165) is 11.1 Å². The third kappa shape index (κ3) is 1.76. The van der Waals surface area contributed by atoms with E-state index in [0.29, 0.717) is 11.3 Å². The molecule has 2 aromatic rings. The Hall–Kier alpha value is -2.27. The highest BCUT2D eigenvalue weighted by molar-refractivity contribution is 5.73. The summed E-state index contributed by atoms with van der Waals surface area (Å²) >= 11 is 0. The Kier molecular flexibility index (Phi) is 2.88. The van der Waals surface area contributed by atoms with E-state index in [9.17, 15) is 0 Å². The summed E-state index contributed by atoms with van der Waals surface area (Å²) in [4.78, 5) is 0. The molecule has 0 saturated carbocycles. The zero-order valence-electron chi connectivity index (χ0n) is 8.97. The molecule has 2 aromatic carbocycles. The molecule has 0 radical (unpaired) electrons. The second-order valence-electron chi connectivity index (χ2n) is 3.36. The Bertz CT molecular complexity index is 526. The molecule has 16 heavy (non-hydrogen) atoms. The van der Waals surface area contributed by atoms with Crippen molar-refractivity contribution in [2.45, 2.75) is 0 Å². The molecule has 0 aliphatic rings. The lowest BCUT2D eigenvalue weighted by molar-refractivity contribution is 0.415. The quantitative estimate of drug-likeness (QED) is 0.760. The molecule has 0 N–H and O–H groups in total. The van der Waals surface area contributed by atoms with Gasteiger partial charge in [-0.05, 0) is 11.6 Å². The van der Waals surface area contributed by atoms with Crippen molar-refractivity contribution < 1.29 is 4.74 Å². The third-order valence-corrected chi connectivity index (χ3v) is 2.42. The van der Waals surface area contributed by atoms with Crippen LogP contribution in [0.1, 0.15) is 5.56 Å². The summed E-state index contributed by atoms with van der Waals surface area (Å²) in [6.45, 7) is 0. The van der Waals surface area contributed by atoms with Crippen LogP contribution in [0.4, 0.5) is 0 Å². The van der Waals surface area contributed by atoms with Gasteiger partial charge in [0.25, 0.3) is 0 Å². The van der Waals surface area contributed by atoms with Gasteiger partial charge in [-0.25, -0.2) is 0 Å². The summed E-state index contributed by atoms with van der Waals surface area (Å²) in [5, 5.41) is 8.99. The SMILES string of the molecule is COc1c(C#N)cccc1-c1ccccc1. The maximum absolute atomic E-state index is 8.99. The molecule has 2 nitrogen and oxygen atoms in total. The molecule has 0 fully saturated rings. The molecule has 0 spiro atoms. The van der Waals surface area contributed by atoms with Gasteiger partial charge in [-0.3, -0.25) is 0 Å². The van der Waals surface area contributed by atoms with Crippen LogP contribution in [0.25, 0.3) is 11.1 Å². The van der Waals surface area contributed by atoms with Gasteiger partial charge in [0.2, 0.25) is 0 Å². The Morgan fingerprint density at radius 1 is 1.00 bits per heavy atom. The van der Waals surface area contributed by atoms with Gasteiger partial charge in [0.15, 0.2) is 0 Å². The van der Waals surface area contributed by atoms with Crippen molar-refractivity contribution in [2.75, 3.05) is 7.11 Å². The van der Waals surface area contributed by atoms with Crippen LogP contribution in [0, 0.1) is 11.3 Å². The van der Waals surface area contributed by atoms with Gasteiger partial charge in [-0.15, -0.1) is 0 Å². The molecule has 0 bridgehead atoms. The summed E-state index contributed by atoms with van der Waals surface area (Å²) < 4.78 is 5.30. The Labute approximate surface area is 94.7 Å². The number of hydrogen-bond acceptors (Lipinski definition) is 2. The second kappa shape index (κ2) is 4.50. The molecule has 0 heterocycles. The summed E-state index contributed by atoms with van der Waals surface area (Å²) in [6.07, 6.45) is 0. The highest BCUT2D eigenvalue weighted by atomic mass is 16.5. The van der Waals surface area contributed by atoms with Crippen LogP contribution in [-0.4, -0.2) is 7.11 Å². The van der Waals surface area contributed by atoms with Gasteiger partial charge < -0.3 is 4.74 Å². The first-order valence-corrected chi connectivity index (χ1v) is 4.99. The Morgan fingerprint density at radius 2 is 1.75 bits per heavy atom. The number of benzene rings is 2. The minimum atomic E-state index is 0.559. The van der Waals surface area contributed by atoms with Crippen LogP contribution in [0.2, 0.25) is 0 Å². The van der Waals surface area contributed by atoms with Crippen molar-refractivity contribution in [1.29, 1.82) is 5.26 Å². The van der Waals surface area contributed by atoms with Crippen LogP contribution in [0.3, 0.4) is 0 Å². The van der Waals surface area contributed by atoms with Gasteiger partial charge in [-0.1, -0.05) is 42.5 Å². The minimum Gasteiger partial charge on any atom is -0.495 e. The topological polar surface area (TPSA) is 33.0 Å².